The quantitative estimate of drug-likeness (QED) is 0.889. The molecule has 0 fully saturated rings. The van der Waals surface area contributed by atoms with E-state index in [4.69, 9.17) is 9.72 Å². The second kappa shape index (κ2) is 6.44. The second-order valence-corrected chi connectivity index (χ2v) is 6.57. The Bertz CT molecular complexity index is 602. The summed E-state index contributed by atoms with van der Waals surface area (Å²) in [6, 6.07) is 10.2. The number of hydrogen-bond donors (Lipinski definition) is 1. The van der Waals surface area contributed by atoms with Crippen molar-refractivity contribution >= 4 is 10.9 Å². The van der Waals surface area contributed by atoms with E-state index in [1.54, 1.807) is 0 Å². The number of benzene rings is 1. The molecule has 0 aliphatic carbocycles. The first-order chi connectivity index (χ1) is 9.89. The van der Waals surface area contributed by atoms with Crippen LogP contribution in [0.15, 0.2) is 30.3 Å². The summed E-state index contributed by atoms with van der Waals surface area (Å²) in [6.07, 6.45) is 1.20. The van der Waals surface area contributed by atoms with Crippen LogP contribution in [0.25, 0.3) is 10.9 Å². The van der Waals surface area contributed by atoms with E-state index in [1.165, 1.54) is 0 Å². The number of pyridine rings is 1. The van der Waals surface area contributed by atoms with Crippen molar-refractivity contribution in [1.82, 2.24) is 10.3 Å². The lowest BCUT2D eigenvalue weighted by atomic mass is 10.1. The Kier molecular flexibility index (Phi) is 4.84. The molecule has 0 bridgehead atoms. The van der Waals surface area contributed by atoms with Crippen LogP contribution in [0.3, 0.4) is 0 Å². The first-order valence-corrected chi connectivity index (χ1v) is 7.69. The fourth-order valence-corrected chi connectivity index (χ4v) is 2.04. The van der Waals surface area contributed by atoms with Gasteiger partial charge in [-0.25, -0.2) is 0 Å². The molecule has 2 aromatic rings. The van der Waals surface area contributed by atoms with Crippen molar-refractivity contribution in [1.29, 1.82) is 0 Å². The van der Waals surface area contributed by atoms with Gasteiger partial charge in [-0.2, -0.15) is 0 Å². The molecule has 0 aliphatic rings. The largest absolute Gasteiger partial charge is 0.490 e. The van der Waals surface area contributed by atoms with Crippen LogP contribution in [0, 0.1) is 0 Å². The Labute approximate surface area is 127 Å². The molecular weight excluding hydrogens is 260 g/mol. The summed E-state index contributed by atoms with van der Waals surface area (Å²) in [5.41, 5.74) is 2.08. The van der Waals surface area contributed by atoms with Crippen LogP contribution in [0.2, 0.25) is 0 Å². The molecule has 21 heavy (non-hydrogen) atoms. The molecular formula is C18H26N2O. The minimum Gasteiger partial charge on any atom is -0.490 e. The average Bonchev–Trinajstić information content (AvgIpc) is 2.44. The third kappa shape index (κ3) is 4.43. The van der Waals surface area contributed by atoms with Gasteiger partial charge in [0, 0.05) is 23.5 Å². The molecule has 3 nitrogen and oxygen atoms in total. The molecule has 1 heterocycles. The smallest absolute Gasteiger partial charge is 0.130 e. The number of nitrogens with zero attached hydrogens (tertiary/aromatic N) is 1. The van der Waals surface area contributed by atoms with E-state index in [0.717, 1.165) is 35.3 Å². The van der Waals surface area contributed by atoms with E-state index in [2.05, 4.69) is 52.1 Å². The molecule has 0 saturated carbocycles. The lowest BCUT2D eigenvalue weighted by Crippen LogP contribution is -2.35. The predicted octanol–water partition coefficient (Wildman–Crippen LogP) is 4.30. The summed E-state index contributed by atoms with van der Waals surface area (Å²) in [6.45, 7) is 11.4. The second-order valence-electron chi connectivity index (χ2n) is 6.57. The SMILES string of the molecule is CCC(C)Oc1cc(CNC(C)(C)C)nc2ccccc12. The fraction of sp³-hybridized carbons (Fsp3) is 0.500. The Hall–Kier alpha value is -1.61. The topological polar surface area (TPSA) is 34.1 Å². The number of aromatic nitrogens is 1. The van der Waals surface area contributed by atoms with Crippen LogP contribution in [-0.4, -0.2) is 16.6 Å². The average molecular weight is 286 g/mol. The van der Waals surface area contributed by atoms with E-state index >= 15 is 0 Å². The standard InChI is InChI=1S/C18H26N2O/c1-6-13(2)21-17-11-14(12-19-18(3,4)5)20-16-10-8-7-9-15(16)17/h7-11,13,19H,6,12H2,1-5H3. The van der Waals surface area contributed by atoms with E-state index in [0.29, 0.717) is 0 Å². The minimum atomic E-state index is 0.0745. The Balaban J connectivity index is 2.34. The lowest BCUT2D eigenvalue weighted by molar-refractivity contribution is 0.220. The summed E-state index contributed by atoms with van der Waals surface area (Å²) in [5.74, 6) is 0.931. The van der Waals surface area contributed by atoms with Gasteiger partial charge in [0.05, 0.1) is 17.3 Å². The summed E-state index contributed by atoms with van der Waals surface area (Å²) < 4.78 is 6.08. The van der Waals surface area contributed by atoms with Crippen LogP contribution >= 0.6 is 0 Å². The summed E-state index contributed by atoms with van der Waals surface area (Å²) in [7, 11) is 0. The predicted molar refractivity (Wildman–Crippen MR) is 88.7 cm³/mol. The molecule has 0 aliphatic heterocycles. The van der Waals surface area contributed by atoms with E-state index in [-0.39, 0.29) is 11.6 Å². The molecule has 0 saturated heterocycles. The highest BCUT2D eigenvalue weighted by molar-refractivity contribution is 5.85. The van der Waals surface area contributed by atoms with Gasteiger partial charge in [-0.05, 0) is 46.2 Å². The molecule has 1 N–H and O–H groups in total. The van der Waals surface area contributed by atoms with Gasteiger partial charge in [-0.15, -0.1) is 0 Å². The normalized spacial score (nSPS) is 13.4. The zero-order valence-corrected chi connectivity index (χ0v) is 13.7. The Morgan fingerprint density at radius 3 is 2.62 bits per heavy atom. The molecule has 0 spiro atoms. The maximum atomic E-state index is 6.08. The van der Waals surface area contributed by atoms with Crippen LogP contribution in [0.1, 0.15) is 46.7 Å². The number of rotatable bonds is 5. The molecule has 1 aromatic carbocycles. The van der Waals surface area contributed by atoms with Crippen molar-refractivity contribution in [2.75, 3.05) is 0 Å². The monoisotopic (exact) mass is 286 g/mol. The van der Waals surface area contributed by atoms with Crippen molar-refractivity contribution in [2.45, 2.75) is 59.2 Å². The number of para-hydroxylation sites is 1. The van der Waals surface area contributed by atoms with Crippen molar-refractivity contribution in [3.63, 3.8) is 0 Å². The first kappa shape index (κ1) is 15.8. The summed E-state index contributed by atoms with van der Waals surface area (Å²) in [4.78, 5) is 4.73. The zero-order chi connectivity index (χ0) is 15.5. The summed E-state index contributed by atoms with van der Waals surface area (Å²) in [5, 5.41) is 4.56. The van der Waals surface area contributed by atoms with Crippen molar-refractivity contribution in [3.05, 3.63) is 36.0 Å². The van der Waals surface area contributed by atoms with E-state index < -0.39 is 0 Å². The molecule has 2 rings (SSSR count). The first-order valence-electron chi connectivity index (χ1n) is 7.69. The van der Waals surface area contributed by atoms with E-state index in [9.17, 15) is 0 Å². The number of fused-ring (bicyclic) bond motifs is 1. The van der Waals surface area contributed by atoms with Gasteiger partial charge in [0.15, 0.2) is 0 Å². The van der Waals surface area contributed by atoms with Crippen LogP contribution < -0.4 is 10.1 Å². The maximum Gasteiger partial charge on any atom is 0.130 e. The van der Waals surface area contributed by atoms with Gasteiger partial charge in [-0.3, -0.25) is 4.98 Å². The highest BCUT2D eigenvalue weighted by Gasteiger charge is 2.12. The number of nitrogens with one attached hydrogen (secondary N) is 1. The lowest BCUT2D eigenvalue weighted by Gasteiger charge is -2.21. The van der Waals surface area contributed by atoms with Gasteiger partial charge in [0.25, 0.3) is 0 Å². The highest BCUT2D eigenvalue weighted by Crippen LogP contribution is 2.27. The van der Waals surface area contributed by atoms with Crippen LogP contribution in [0.5, 0.6) is 5.75 Å². The van der Waals surface area contributed by atoms with E-state index in [1.807, 2.05) is 18.2 Å². The third-order valence-electron chi connectivity index (χ3n) is 3.43. The molecule has 3 heteroatoms. The number of ether oxygens (including phenoxy) is 1. The number of hydrogen-bond acceptors (Lipinski definition) is 3. The molecule has 0 amide bonds. The maximum absolute atomic E-state index is 6.08. The van der Waals surface area contributed by atoms with Crippen molar-refractivity contribution < 1.29 is 4.74 Å². The fourth-order valence-electron chi connectivity index (χ4n) is 2.04. The van der Waals surface area contributed by atoms with Crippen molar-refractivity contribution in [2.24, 2.45) is 0 Å². The molecule has 114 valence electrons. The highest BCUT2D eigenvalue weighted by atomic mass is 16.5. The summed E-state index contributed by atoms with van der Waals surface area (Å²) >= 11 is 0. The van der Waals surface area contributed by atoms with Crippen molar-refractivity contribution in [3.8, 4) is 5.75 Å². The molecule has 1 atom stereocenters. The molecule has 0 radical (unpaired) electrons. The minimum absolute atomic E-state index is 0.0745. The van der Waals surface area contributed by atoms with Crippen LogP contribution in [-0.2, 0) is 6.54 Å². The Morgan fingerprint density at radius 2 is 1.95 bits per heavy atom. The van der Waals surface area contributed by atoms with Gasteiger partial charge in [-0.1, -0.05) is 19.1 Å². The van der Waals surface area contributed by atoms with Gasteiger partial charge >= 0.3 is 0 Å². The van der Waals surface area contributed by atoms with Crippen LogP contribution in [0.4, 0.5) is 0 Å². The molecule has 1 aromatic heterocycles. The third-order valence-corrected chi connectivity index (χ3v) is 3.43. The van der Waals surface area contributed by atoms with Gasteiger partial charge < -0.3 is 10.1 Å². The van der Waals surface area contributed by atoms with Gasteiger partial charge in [0.1, 0.15) is 5.75 Å². The Morgan fingerprint density at radius 1 is 1.24 bits per heavy atom. The zero-order valence-electron chi connectivity index (χ0n) is 13.7. The molecule has 1 unspecified atom stereocenters. The van der Waals surface area contributed by atoms with Gasteiger partial charge in [0.2, 0.25) is 0 Å².